The molecule has 22 heavy (non-hydrogen) atoms. The summed E-state index contributed by atoms with van der Waals surface area (Å²) in [7, 11) is 0. The molecule has 2 aromatic carbocycles. The van der Waals surface area contributed by atoms with Crippen molar-refractivity contribution in [3.63, 3.8) is 0 Å². The zero-order valence-electron chi connectivity index (χ0n) is 11.8. The summed E-state index contributed by atoms with van der Waals surface area (Å²) >= 11 is 5.85. The predicted octanol–water partition coefficient (Wildman–Crippen LogP) is 3.61. The second-order valence-electron chi connectivity index (χ2n) is 4.94. The van der Waals surface area contributed by atoms with Crippen LogP contribution in [0.1, 0.15) is 22.2 Å². The van der Waals surface area contributed by atoms with E-state index in [0.29, 0.717) is 17.2 Å². The molecule has 1 aliphatic heterocycles. The standard InChI is InChI=1S/C17H15ClO4/c18-14-8-6-13(7-9-14)17-21-11-15(22-17)10-20-16(19)12-4-2-1-3-5-12/h1-9,15,17H,10-11H2/t15-,17-/m1/s1. The summed E-state index contributed by atoms with van der Waals surface area (Å²) in [5, 5.41) is 0.662. The molecule has 3 rings (SSSR count). The van der Waals surface area contributed by atoms with Gasteiger partial charge in [0.1, 0.15) is 12.7 Å². The van der Waals surface area contributed by atoms with E-state index >= 15 is 0 Å². The molecule has 1 aliphatic rings. The van der Waals surface area contributed by atoms with Crippen LogP contribution in [0.3, 0.4) is 0 Å². The minimum atomic E-state index is -0.447. The first-order valence-corrected chi connectivity index (χ1v) is 7.35. The monoisotopic (exact) mass is 318 g/mol. The van der Waals surface area contributed by atoms with Gasteiger partial charge in [0.15, 0.2) is 6.29 Å². The zero-order chi connectivity index (χ0) is 15.4. The third kappa shape index (κ3) is 3.65. The van der Waals surface area contributed by atoms with Gasteiger partial charge in [-0.1, -0.05) is 41.9 Å². The van der Waals surface area contributed by atoms with Gasteiger partial charge in [-0.25, -0.2) is 4.79 Å². The van der Waals surface area contributed by atoms with Crippen LogP contribution >= 0.6 is 11.6 Å². The van der Waals surface area contributed by atoms with Gasteiger partial charge in [0, 0.05) is 10.6 Å². The first-order chi connectivity index (χ1) is 10.7. The van der Waals surface area contributed by atoms with Gasteiger partial charge in [-0.05, 0) is 24.3 Å². The topological polar surface area (TPSA) is 44.8 Å². The summed E-state index contributed by atoms with van der Waals surface area (Å²) < 4.78 is 16.6. The van der Waals surface area contributed by atoms with Gasteiger partial charge in [0.05, 0.1) is 12.2 Å². The highest BCUT2D eigenvalue weighted by Crippen LogP contribution is 2.27. The molecule has 1 saturated heterocycles. The van der Waals surface area contributed by atoms with E-state index < -0.39 is 6.29 Å². The van der Waals surface area contributed by atoms with Crippen molar-refractivity contribution in [2.75, 3.05) is 13.2 Å². The lowest BCUT2D eigenvalue weighted by molar-refractivity contribution is -0.0696. The minimum Gasteiger partial charge on any atom is -0.459 e. The van der Waals surface area contributed by atoms with Crippen LogP contribution in [0.5, 0.6) is 0 Å². The number of ether oxygens (including phenoxy) is 3. The highest BCUT2D eigenvalue weighted by molar-refractivity contribution is 6.30. The summed E-state index contributed by atoms with van der Waals surface area (Å²) in [5.41, 5.74) is 1.41. The second-order valence-corrected chi connectivity index (χ2v) is 5.38. The van der Waals surface area contributed by atoms with Gasteiger partial charge >= 0.3 is 5.97 Å². The van der Waals surface area contributed by atoms with Gasteiger partial charge < -0.3 is 14.2 Å². The van der Waals surface area contributed by atoms with E-state index in [1.54, 1.807) is 36.4 Å². The van der Waals surface area contributed by atoms with E-state index in [1.165, 1.54) is 0 Å². The Kier molecular flexibility index (Phi) is 4.73. The lowest BCUT2D eigenvalue weighted by Crippen LogP contribution is -2.20. The van der Waals surface area contributed by atoms with Crippen LogP contribution in [0.15, 0.2) is 54.6 Å². The van der Waals surface area contributed by atoms with E-state index in [-0.39, 0.29) is 18.7 Å². The molecule has 0 bridgehead atoms. The van der Waals surface area contributed by atoms with Crippen molar-refractivity contribution >= 4 is 17.6 Å². The van der Waals surface area contributed by atoms with Gasteiger partial charge in [-0.15, -0.1) is 0 Å². The van der Waals surface area contributed by atoms with Crippen molar-refractivity contribution < 1.29 is 19.0 Å². The Morgan fingerprint density at radius 2 is 1.86 bits per heavy atom. The molecule has 1 heterocycles. The summed E-state index contributed by atoms with van der Waals surface area (Å²) in [6, 6.07) is 16.1. The van der Waals surface area contributed by atoms with Crippen molar-refractivity contribution in [3.05, 3.63) is 70.7 Å². The van der Waals surface area contributed by atoms with E-state index in [2.05, 4.69) is 0 Å². The molecule has 2 aromatic rings. The molecule has 114 valence electrons. The summed E-state index contributed by atoms with van der Waals surface area (Å²) in [5.74, 6) is -0.362. The van der Waals surface area contributed by atoms with Crippen molar-refractivity contribution in [2.45, 2.75) is 12.4 Å². The molecule has 2 atom stereocenters. The molecule has 1 fully saturated rings. The fourth-order valence-corrected chi connectivity index (χ4v) is 2.28. The van der Waals surface area contributed by atoms with Crippen LogP contribution in [0.4, 0.5) is 0 Å². The van der Waals surface area contributed by atoms with Crippen LogP contribution in [0, 0.1) is 0 Å². The molecule has 0 amide bonds. The maximum atomic E-state index is 11.9. The Bertz CT molecular complexity index is 627. The van der Waals surface area contributed by atoms with E-state index in [4.69, 9.17) is 25.8 Å². The molecule has 0 radical (unpaired) electrons. The van der Waals surface area contributed by atoms with E-state index in [0.717, 1.165) is 5.56 Å². The SMILES string of the molecule is O=C(OC[C@@H]1CO[C@@H](c2ccc(Cl)cc2)O1)c1ccccc1. The average Bonchev–Trinajstić information content (AvgIpc) is 3.03. The van der Waals surface area contributed by atoms with Crippen LogP contribution in [0.25, 0.3) is 0 Å². The number of hydrogen-bond donors (Lipinski definition) is 0. The number of rotatable bonds is 4. The van der Waals surface area contributed by atoms with Crippen molar-refractivity contribution in [1.82, 2.24) is 0 Å². The molecule has 0 unspecified atom stereocenters. The number of carbonyl (C=O) groups is 1. The maximum Gasteiger partial charge on any atom is 0.338 e. The molecule has 0 aliphatic carbocycles. The Labute approximate surface area is 133 Å². The van der Waals surface area contributed by atoms with Crippen molar-refractivity contribution in [2.24, 2.45) is 0 Å². The summed E-state index contributed by atoms with van der Waals surface area (Å²) in [4.78, 5) is 11.9. The molecular weight excluding hydrogens is 304 g/mol. The quantitative estimate of drug-likeness (QED) is 0.808. The van der Waals surface area contributed by atoms with Crippen LogP contribution < -0.4 is 0 Å². The fraction of sp³-hybridized carbons (Fsp3) is 0.235. The first kappa shape index (κ1) is 15.0. The van der Waals surface area contributed by atoms with Crippen LogP contribution in [-0.2, 0) is 14.2 Å². The van der Waals surface area contributed by atoms with Crippen molar-refractivity contribution in [1.29, 1.82) is 0 Å². The Morgan fingerprint density at radius 1 is 1.14 bits per heavy atom. The molecule has 5 heteroatoms. The highest BCUT2D eigenvalue weighted by atomic mass is 35.5. The Balaban J connectivity index is 1.51. The normalized spacial score (nSPS) is 20.8. The zero-order valence-corrected chi connectivity index (χ0v) is 12.5. The first-order valence-electron chi connectivity index (χ1n) is 6.97. The molecule has 0 saturated carbocycles. The smallest absolute Gasteiger partial charge is 0.338 e. The third-order valence-electron chi connectivity index (χ3n) is 3.30. The van der Waals surface area contributed by atoms with E-state index in [1.807, 2.05) is 18.2 Å². The maximum absolute atomic E-state index is 11.9. The lowest BCUT2D eigenvalue weighted by atomic mass is 10.2. The largest absolute Gasteiger partial charge is 0.459 e. The predicted molar refractivity (Wildman–Crippen MR) is 81.7 cm³/mol. The Morgan fingerprint density at radius 3 is 2.59 bits per heavy atom. The lowest BCUT2D eigenvalue weighted by Gasteiger charge is -2.12. The van der Waals surface area contributed by atoms with Gasteiger partial charge in [0.2, 0.25) is 0 Å². The van der Waals surface area contributed by atoms with Crippen LogP contribution in [-0.4, -0.2) is 25.3 Å². The van der Waals surface area contributed by atoms with Crippen molar-refractivity contribution in [3.8, 4) is 0 Å². The Hall–Kier alpha value is -1.88. The average molecular weight is 319 g/mol. The van der Waals surface area contributed by atoms with E-state index in [9.17, 15) is 4.79 Å². The summed E-state index contributed by atoms with van der Waals surface area (Å²) in [6.45, 7) is 0.549. The number of halogens is 1. The number of carbonyl (C=O) groups excluding carboxylic acids is 1. The molecular formula is C17H15ClO4. The van der Waals surface area contributed by atoms with Gasteiger partial charge in [0.25, 0.3) is 0 Å². The number of esters is 1. The number of benzene rings is 2. The highest BCUT2D eigenvalue weighted by Gasteiger charge is 2.28. The van der Waals surface area contributed by atoms with Crippen LogP contribution in [0.2, 0.25) is 5.02 Å². The number of hydrogen-bond acceptors (Lipinski definition) is 4. The molecule has 0 aromatic heterocycles. The minimum absolute atomic E-state index is 0.165. The molecule has 0 N–H and O–H groups in total. The second kappa shape index (κ2) is 6.92. The molecule has 0 spiro atoms. The van der Waals surface area contributed by atoms with Gasteiger partial charge in [-0.3, -0.25) is 0 Å². The molecule has 4 nitrogen and oxygen atoms in total. The third-order valence-corrected chi connectivity index (χ3v) is 3.55. The van der Waals surface area contributed by atoms with Gasteiger partial charge in [-0.2, -0.15) is 0 Å². The summed E-state index contributed by atoms with van der Waals surface area (Å²) in [6.07, 6.45) is -0.717. The fourth-order valence-electron chi connectivity index (χ4n) is 2.16.